The average molecular weight is 390 g/mol. The van der Waals surface area contributed by atoms with E-state index in [1.807, 2.05) is 41.1 Å². The third-order valence-corrected chi connectivity index (χ3v) is 5.65. The van der Waals surface area contributed by atoms with E-state index in [0.717, 1.165) is 42.6 Å². The van der Waals surface area contributed by atoms with Crippen LogP contribution in [-0.4, -0.2) is 45.9 Å². The van der Waals surface area contributed by atoms with Gasteiger partial charge in [-0.3, -0.25) is 19.4 Å². The van der Waals surface area contributed by atoms with Gasteiger partial charge in [-0.1, -0.05) is 0 Å². The number of hydrogen-bond acceptors (Lipinski definition) is 5. The van der Waals surface area contributed by atoms with E-state index in [-0.39, 0.29) is 11.9 Å². The predicted molar refractivity (Wildman–Crippen MR) is 106 cm³/mol. The second-order valence-electron chi connectivity index (χ2n) is 7.51. The molecule has 5 rings (SSSR count). The van der Waals surface area contributed by atoms with E-state index in [1.165, 1.54) is 0 Å². The molecule has 4 heterocycles. The van der Waals surface area contributed by atoms with Crippen molar-refractivity contribution in [2.45, 2.75) is 37.8 Å². The minimum absolute atomic E-state index is 0.0609. The molecule has 4 aromatic rings. The molecule has 0 radical (unpaired) electrons. The summed E-state index contributed by atoms with van der Waals surface area (Å²) >= 11 is 0. The van der Waals surface area contributed by atoms with E-state index in [2.05, 4.69) is 25.5 Å². The number of amides is 1. The van der Waals surface area contributed by atoms with Gasteiger partial charge < -0.3 is 9.88 Å². The molecule has 0 unspecified atom stereocenters. The Balaban J connectivity index is 1.21. The van der Waals surface area contributed by atoms with Crippen molar-refractivity contribution in [1.82, 2.24) is 39.2 Å². The minimum Gasteiger partial charge on any atom is -0.349 e. The largest absolute Gasteiger partial charge is 0.349 e. The molecule has 1 aliphatic carbocycles. The summed E-state index contributed by atoms with van der Waals surface area (Å²) in [5.41, 5.74) is 3.22. The van der Waals surface area contributed by atoms with E-state index in [9.17, 15) is 4.79 Å². The zero-order valence-electron chi connectivity index (χ0n) is 16.1. The summed E-state index contributed by atoms with van der Waals surface area (Å²) in [5.74, 6) is -0.0609. The minimum atomic E-state index is -0.0609. The van der Waals surface area contributed by atoms with Crippen LogP contribution in [0.5, 0.6) is 0 Å². The maximum Gasteiger partial charge on any atom is 0.256 e. The highest BCUT2D eigenvalue weighted by Crippen LogP contribution is 2.29. The van der Waals surface area contributed by atoms with Crippen LogP contribution in [0.25, 0.3) is 16.9 Å². The number of carbonyl (C=O) groups excluding carboxylic acids is 1. The van der Waals surface area contributed by atoms with Crippen molar-refractivity contribution in [3.05, 3.63) is 55.1 Å². The normalized spacial score (nSPS) is 19.5. The fourth-order valence-corrected chi connectivity index (χ4v) is 4.08. The van der Waals surface area contributed by atoms with E-state index in [1.54, 1.807) is 29.3 Å². The first kappa shape index (κ1) is 17.6. The lowest BCUT2D eigenvalue weighted by Gasteiger charge is -2.29. The molecule has 9 nitrogen and oxygen atoms in total. The number of carbonyl (C=O) groups is 1. The second-order valence-corrected chi connectivity index (χ2v) is 7.51. The van der Waals surface area contributed by atoms with Crippen LogP contribution in [0.3, 0.4) is 0 Å². The Morgan fingerprint density at radius 3 is 2.72 bits per heavy atom. The Morgan fingerprint density at radius 1 is 1.07 bits per heavy atom. The van der Waals surface area contributed by atoms with Crippen molar-refractivity contribution in [2.75, 3.05) is 0 Å². The van der Waals surface area contributed by atoms with Gasteiger partial charge in [-0.05, 0) is 25.7 Å². The molecule has 4 aromatic heterocycles. The topological polar surface area (TPSA) is 94.9 Å². The highest BCUT2D eigenvalue weighted by Gasteiger charge is 2.26. The van der Waals surface area contributed by atoms with Crippen molar-refractivity contribution >= 4 is 11.6 Å². The van der Waals surface area contributed by atoms with Crippen LogP contribution in [0.15, 0.2) is 49.6 Å². The number of fused-ring (bicyclic) bond motifs is 1. The molecule has 1 fully saturated rings. The van der Waals surface area contributed by atoms with Crippen LogP contribution in [0, 0.1) is 0 Å². The summed E-state index contributed by atoms with van der Waals surface area (Å²) in [6, 6.07) is 0.508. The molecular weight excluding hydrogens is 368 g/mol. The number of hydrogen-bond donors (Lipinski definition) is 1. The first-order chi connectivity index (χ1) is 14.2. The monoisotopic (exact) mass is 390 g/mol. The molecule has 29 heavy (non-hydrogen) atoms. The molecular formula is C20H22N8O. The van der Waals surface area contributed by atoms with Gasteiger partial charge in [-0.2, -0.15) is 10.2 Å². The van der Waals surface area contributed by atoms with Gasteiger partial charge in [-0.25, -0.2) is 4.52 Å². The van der Waals surface area contributed by atoms with E-state index >= 15 is 0 Å². The molecule has 0 spiro atoms. The average Bonchev–Trinajstić information content (AvgIpc) is 3.47. The summed E-state index contributed by atoms with van der Waals surface area (Å²) < 4.78 is 5.65. The van der Waals surface area contributed by atoms with Crippen molar-refractivity contribution in [3.63, 3.8) is 0 Å². The molecule has 1 saturated carbocycles. The number of nitrogens with zero attached hydrogens (tertiary/aromatic N) is 7. The number of aryl methyl sites for hydroxylation is 1. The van der Waals surface area contributed by atoms with Crippen molar-refractivity contribution in [1.29, 1.82) is 0 Å². The summed E-state index contributed by atoms with van der Waals surface area (Å²) in [7, 11) is 1.92. The Bertz CT molecular complexity index is 1130. The smallest absolute Gasteiger partial charge is 0.256 e. The SMILES string of the molecule is Cn1ccn2ncc(C(=O)NC3CCC(n4cc(-c5cnccn5)cn4)CC3)c12. The zero-order valence-corrected chi connectivity index (χ0v) is 16.1. The maximum absolute atomic E-state index is 12.7. The predicted octanol–water partition coefficient (Wildman–Crippen LogP) is 2.24. The van der Waals surface area contributed by atoms with Crippen LogP contribution in [-0.2, 0) is 7.05 Å². The van der Waals surface area contributed by atoms with Crippen LogP contribution >= 0.6 is 0 Å². The molecule has 0 bridgehead atoms. The van der Waals surface area contributed by atoms with Gasteiger partial charge in [0, 0.05) is 49.6 Å². The lowest BCUT2D eigenvalue weighted by Crippen LogP contribution is -2.38. The molecule has 0 aromatic carbocycles. The van der Waals surface area contributed by atoms with Crippen LogP contribution in [0.1, 0.15) is 42.1 Å². The zero-order chi connectivity index (χ0) is 19.8. The van der Waals surface area contributed by atoms with Crippen molar-refractivity contribution < 1.29 is 4.79 Å². The summed E-state index contributed by atoms with van der Waals surface area (Å²) in [6.07, 6.45) is 18.1. The standard InChI is InChI=1S/C20H22N8O/c1-26-8-9-27-20(26)17(11-24-27)19(29)25-15-2-4-16(5-3-15)28-13-14(10-23-28)18-12-21-6-7-22-18/h6-13,15-16H,2-5H2,1H3,(H,25,29). The van der Waals surface area contributed by atoms with Crippen LogP contribution < -0.4 is 5.32 Å². The van der Waals surface area contributed by atoms with Crippen LogP contribution in [0.2, 0.25) is 0 Å². The molecule has 1 aliphatic rings. The van der Waals surface area contributed by atoms with Crippen molar-refractivity contribution in [3.8, 4) is 11.3 Å². The molecule has 0 saturated heterocycles. The van der Waals surface area contributed by atoms with Gasteiger partial charge in [0.15, 0.2) is 0 Å². The lowest BCUT2D eigenvalue weighted by molar-refractivity contribution is 0.0923. The number of nitrogens with one attached hydrogen (secondary N) is 1. The van der Waals surface area contributed by atoms with Crippen LogP contribution in [0.4, 0.5) is 0 Å². The van der Waals surface area contributed by atoms with E-state index < -0.39 is 0 Å². The quantitative estimate of drug-likeness (QED) is 0.577. The number of imidazole rings is 1. The van der Waals surface area contributed by atoms with E-state index in [0.29, 0.717) is 11.6 Å². The summed E-state index contributed by atoms with van der Waals surface area (Å²) in [5, 5.41) is 12.0. The highest BCUT2D eigenvalue weighted by molar-refractivity contribution is 5.99. The van der Waals surface area contributed by atoms with Gasteiger partial charge in [-0.15, -0.1) is 0 Å². The Labute approximate surface area is 167 Å². The molecule has 1 N–H and O–H groups in total. The van der Waals surface area contributed by atoms with Gasteiger partial charge >= 0.3 is 0 Å². The third kappa shape index (κ3) is 3.28. The molecule has 1 amide bonds. The Hall–Kier alpha value is -3.49. The fourth-order valence-electron chi connectivity index (χ4n) is 4.08. The number of rotatable bonds is 4. The molecule has 0 atom stereocenters. The Morgan fingerprint density at radius 2 is 1.93 bits per heavy atom. The third-order valence-electron chi connectivity index (χ3n) is 5.65. The fraction of sp³-hybridized carbons (Fsp3) is 0.350. The number of aromatic nitrogens is 7. The molecule has 0 aliphatic heterocycles. The van der Waals surface area contributed by atoms with Gasteiger partial charge in [0.25, 0.3) is 5.91 Å². The molecule has 148 valence electrons. The first-order valence-electron chi connectivity index (χ1n) is 9.79. The van der Waals surface area contributed by atoms with Crippen molar-refractivity contribution in [2.24, 2.45) is 7.05 Å². The van der Waals surface area contributed by atoms with Gasteiger partial charge in [0.2, 0.25) is 0 Å². The summed E-state index contributed by atoms with van der Waals surface area (Å²) in [4.78, 5) is 21.2. The van der Waals surface area contributed by atoms with Gasteiger partial charge in [0.1, 0.15) is 11.2 Å². The van der Waals surface area contributed by atoms with E-state index in [4.69, 9.17) is 0 Å². The highest BCUT2D eigenvalue weighted by atomic mass is 16.1. The first-order valence-corrected chi connectivity index (χ1v) is 9.79. The maximum atomic E-state index is 12.7. The van der Waals surface area contributed by atoms with Gasteiger partial charge in [0.05, 0.1) is 30.3 Å². The summed E-state index contributed by atoms with van der Waals surface area (Å²) in [6.45, 7) is 0. The lowest BCUT2D eigenvalue weighted by atomic mass is 9.91. The second kappa shape index (κ2) is 7.16. The Kier molecular flexibility index (Phi) is 4.34. The molecule has 9 heteroatoms.